The van der Waals surface area contributed by atoms with E-state index in [1.54, 1.807) is 12.3 Å². The van der Waals surface area contributed by atoms with E-state index in [1.165, 1.54) is 10.8 Å². The number of nitrogens with zero attached hydrogens (tertiary/aromatic N) is 3. The molecule has 0 spiro atoms. The molecule has 4 heteroatoms. The van der Waals surface area contributed by atoms with E-state index in [9.17, 15) is 0 Å². The quantitative estimate of drug-likeness (QED) is 0.746. The molecule has 2 aromatic heterocycles. The van der Waals surface area contributed by atoms with Crippen LogP contribution in [0.25, 0.3) is 5.69 Å². The highest BCUT2D eigenvalue weighted by Crippen LogP contribution is 2.18. The number of rotatable bonds is 1. The molecule has 0 aliphatic heterocycles. The van der Waals surface area contributed by atoms with E-state index in [4.69, 9.17) is 4.11 Å². The van der Waals surface area contributed by atoms with Gasteiger partial charge in [0.2, 0.25) is 0 Å². The molecule has 0 aliphatic rings. The monoisotopic (exact) mass is 226 g/mol. The summed E-state index contributed by atoms with van der Waals surface area (Å²) < 4.78 is 24.4. The van der Waals surface area contributed by atoms with Crippen molar-refractivity contribution >= 4 is 15.9 Å². The minimum Gasteiger partial charge on any atom is -0.304 e. The highest BCUT2D eigenvalue weighted by molar-refractivity contribution is 9.10. The van der Waals surface area contributed by atoms with Crippen LogP contribution in [-0.2, 0) is 0 Å². The van der Waals surface area contributed by atoms with Crippen molar-refractivity contribution in [3.63, 3.8) is 0 Å². The van der Waals surface area contributed by atoms with Gasteiger partial charge in [0.1, 0.15) is 1.37 Å². The first-order chi connectivity index (χ1) is 7.11. The van der Waals surface area contributed by atoms with Crippen LogP contribution < -0.4 is 0 Å². The van der Waals surface area contributed by atoms with E-state index in [1.807, 2.05) is 0 Å². The zero-order valence-electron chi connectivity index (χ0n) is 8.95. The minimum absolute atomic E-state index is 0.117. The predicted octanol–water partition coefficient (Wildman–Crippen LogP) is 2.03. The zero-order chi connectivity index (χ0) is 11.0. The number of halogens is 1. The lowest BCUT2D eigenvalue weighted by Gasteiger charge is -2.02. The van der Waals surface area contributed by atoms with Crippen molar-refractivity contribution in [1.29, 1.82) is 0 Å². The van der Waals surface area contributed by atoms with Gasteiger partial charge >= 0.3 is 0 Å². The first kappa shape index (κ1) is 4.77. The number of pyridine rings is 1. The predicted molar refractivity (Wildman–Crippen MR) is 49.1 cm³/mol. The molecule has 3 nitrogen and oxygen atoms in total. The summed E-state index contributed by atoms with van der Waals surface area (Å²) in [6.07, 6.45) is 2.64. The Morgan fingerprint density at radius 3 is 3.08 bits per heavy atom. The van der Waals surface area contributed by atoms with Crippen LogP contribution in [0.3, 0.4) is 0 Å². The van der Waals surface area contributed by atoms with Crippen LogP contribution in [0, 0.1) is 0 Å². The molecule has 2 rings (SSSR count). The minimum atomic E-state index is -0.212. The Labute approximate surface area is 82.4 Å². The topological polar surface area (TPSA) is 30.7 Å². The van der Waals surface area contributed by atoms with Gasteiger partial charge in [0.25, 0.3) is 0 Å². The molecule has 60 valence electrons. The summed E-state index contributed by atoms with van der Waals surface area (Å²) in [5, 5.41) is 0. The van der Waals surface area contributed by atoms with Crippen LogP contribution >= 0.6 is 15.9 Å². The number of aromatic nitrogens is 3. The summed E-state index contributed by atoms with van der Waals surface area (Å²) >= 11 is 3.29. The Hall–Kier alpha value is -1.16. The van der Waals surface area contributed by atoms with E-state index in [0.29, 0.717) is 10.2 Å². The van der Waals surface area contributed by atoms with Gasteiger partial charge in [-0.25, -0.2) is 4.98 Å². The van der Waals surface area contributed by atoms with E-state index in [0.717, 1.165) is 0 Å². The number of hydrogen-bond donors (Lipinski definition) is 0. The van der Waals surface area contributed by atoms with Crippen molar-refractivity contribution in [3.8, 4) is 5.69 Å². The van der Waals surface area contributed by atoms with Gasteiger partial charge in [0, 0.05) is 23.0 Å². The Morgan fingerprint density at radius 2 is 2.42 bits per heavy atom. The molecule has 0 fully saturated rings. The van der Waals surface area contributed by atoms with Crippen molar-refractivity contribution in [1.82, 2.24) is 14.5 Å². The second-order valence-electron chi connectivity index (χ2n) is 2.10. The molecule has 0 N–H and O–H groups in total. The molecule has 0 bridgehead atoms. The van der Waals surface area contributed by atoms with Crippen molar-refractivity contribution in [2.75, 3.05) is 0 Å². The Bertz CT molecular complexity index is 512. The molecule has 0 amide bonds. The standard InChI is InChI=1S/C8H6BrN3/c9-7-1-2-10-5-8(7)12-4-3-11-6-12/h1-6H/i3D,4D,6D. The SMILES string of the molecule is [2H]c1nc([2H])n(-c2cnccc2Br)c1[2H]. The lowest BCUT2D eigenvalue weighted by molar-refractivity contribution is 1.03. The third-order valence-electron chi connectivity index (χ3n) is 1.36. The molecule has 0 aliphatic carbocycles. The van der Waals surface area contributed by atoms with E-state index in [-0.39, 0.29) is 18.6 Å². The molecule has 0 saturated carbocycles. The zero-order valence-corrected chi connectivity index (χ0v) is 7.54. The Kier molecular flexibility index (Phi) is 1.22. The highest BCUT2D eigenvalue weighted by Gasteiger charge is 1.99. The van der Waals surface area contributed by atoms with Gasteiger partial charge in [-0.1, -0.05) is 0 Å². The summed E-state index contributed by atoms with van der Waals surface area (Å²) in [6, 6.07) is 1.71. The normalized spacial score (nSPS) is 13.6. The van der Waals surface area contributed by atoms with Crippen LogP contribution in [0.1, 0.15) is 4.11 Å². The average Bonchev–Trinajstić information content (AvgIpc) is 2.43. The average molecular weight is 227 g/mol. The summed E-state index contributed by atoms with van der Waals surface area (Å²) in [7, 11) is 0. The molecule has 2 heterocycles. The molecule has 0 unspecified atom stereocenters. The molecular formula is C8H6BrN3. The molecule has 0 saturated heterocycles. The highest BCUT2D eigenvalue weighted by atomic mass is 79.9. The number of hydrogen-bond acceptors (Lipinski definition) is 2. The molecule has 0 aromatic carbocycles. The van der Waals surface area contributed by atoms with Crippen LogP contribution in [0.5, 0.6) is 0 Å². The smallest absolute Gasteiger partial charge is 0.105 e. The second-order valence-corrected chi connectivity index (χ2v) is 2.95. The Balaban J connectivity index is 2.69. The fraction of sp³-hybridized carbons (Fsp3) is 0. The first-order valence-electron chi connectivity index (χ1n) is 4.73. The third-order valence-corrected chi connectivity index (χ3v) is 2.03. The lowest BCUT2D eigenvalue weighted by atomic mass is 10.4. The van der Waals surface area contributed by atoms with Crippen LogP contribution in [-0.4, -0.2) is 14.5 Å². The van der Waals surface area contributed by atoms with Crippen molar-refractivity contribution < 1.29 is 4.11 Å². The summed E-state index contributed by atoms with van der Waals surface area (Å²) in [4.78, 5) is 7.50. The second kappa shape index (κ2) is 3.06. The van der Waals surface area contributed by atoms with Gasteiger partial charge in [0.15, 0.2) is 0 Å². The van der Waals surface area contributed by atoms with Gasteiger partial charge in [-0.05, 0) is 22.0 Å². The van der Waals surface area contributed by atoms with Gasteiger partial charge in [0.05, 0.1) is 20.9 Å². The van der Waals surface area contributed by atoms with Crippen molar-refractivity contribution in [2.45, 2.75) is 0 Å². The fourth-order valence-electron chi connectivity index (χ4n) is 0.823. The molecule has 0 atom stereocenters. The maximum atomic E-state index is 7.59. The maximum absolute atomic E-state index is 7.59. The summed E-state index contributed by atoms with van der Waals surface area (Å²) in [5.41, 5.74) is 0.540. The lowest BCUT2D eigenvalue weighted by Crippen LogP contribution is -1.91. The van der Waals surface area contributed by atoms with Gasteiger partial charge in [-0.15, -0.1) is 0 Å². The van der Waals surface area contributed by atoms with E-state index >= 15 is 0 Å². The van der Waals surface area contributed by atoms with Gasteiger partial charge < -0.3 is 4.57 Å². The van der Waals surface area contributed by atoms with Crippen molar-refractivity contribution in [2.24, 2.45) is 0 Å². The van der Waals surface area contributed by atoms with E-state index in [2.05, 4.69) is 25.9 Å². The Morgan fingerprint density at radius 1 is 1.50 bits per heavy atom. The van der Waals surface area contributed by atoms with E-state index < -0.39 is 0 Å². The molecular weight excluding hydrogens is 218 g/mol. The molecule has 2 aromatic rings. The summed E-state index contributed by atoms with van der Waals surface area (Å²) in [6.45, 7) is 0. The summed E-state index contributed by atoms with van der Waals surface area (Å²) in [5.74, 6) is 0. The van der Waals surface area contributed by atoms with Crippen molar-refractivity contribution in [3.05, 3.63) is 41.6 Å². The van der Waals surface area contributed by atoms with Gasteiger partial charge in [-0.3, -0.25) is 4.98 Å². The molecule has 0 radical (unpaired) electrons. The van der Waals surface area contributed by atoms with Crippen LogP contribution in [0.2, 0.25) is 0 Å². The molecule has 12 heavy (non-hydrogen) atoms. The number of imidazole rings is 1. The fourth-order valence-corrected chi connectivity index (χ4v) is 1.22. The third kappa shape index (κ3) is 1.25. The van der Waals surface area contributed by atoms with Gasteiger partial charge in [-0.2, -0.15) is 0 Å². The maximum Gasteiger partial charge on any atom is 0.105 e. The van der Waals surface area contributed by atoms with Crippen LogP contribution in [0.4, 0.5) is 0 Å². The van der Waals surface area contributed by atoms with Crippen LogP contribution in [0.15, 0.2) is 41.6 Å². The largest absolute Gasteiger partial charge is 0.304 e. The first-order valence-corrected chi connectivity index (χ1v) is 4.03.